The lowest BCUT2D eigenvalue weighted by molar-refractivity contribution is -0.658. The lowest BCUT2D eigenvalue weighted by Crippen LogP contribution is -2.58. The Morgan fingerprint density at radius 1 is 0.800 bits per heavy atom. The van der Waals surface area contributed by atoms with Crippen molar-refractivity contribution in [2.24, 2.45) is 14.1 Å². The van der Waals surface area contributed by atoms with Gasteiger partial charge in [-0.15, -0.1) is 0 Å². The zero-order valence-electron chi connectivity index (χ0n) is 9.09. The second-order valence-electron chi connectivity index (χ2n) is 3.62. The third-order valence-corrected chi connectivity index (χ3v) is 2.49. The molecule has 2 nitrogen and oxygen atoms in total. The smallest absolute Gasteiger partial charge is 0.165 e. The molecule has 0 spiro atoms. The number of hydrogen-bond donors (Lipinski definition) is 0. The van der Waals surface area contributed by atoms with Crippen LogP contribution in [0.3, 0.4) is 0 Å². The maximum atomic E-state index is 2.17. The van der Waals surface area contributed by atoms with E-state index in [0.29, 0.717) is 0 Å². The van der Waals surface area contributed by atoms with Crippen molar-refractivity contribution in [3.05, 3.63) is 48.8 Å². The standard InChI is InChI=1S/C12H14BN2/c1-14-9-5-3-7-11(14)13-12-8-4-6-10-15(12)2/h3-10H,1-2H3/q+1. The van der Waals surface area contributed by atoms with Crippen molar-refractivity contribution in [3.63, 3.8) is 0 Å². The SMILES string of the molecule is C[n+]1ccccc1[B-]c1cccc[n+]1C. The molecule has 0 N–H and O–H groups in total. The van der Waals surface area contributed by atoms with E-state index in [-0.39, 0.29) is 0 Å². The van der Waals surface area contributed by atoms with E-state index in [4.69, 9.17) is 0 Å². The maximum Gasteiger partial charge on any atom is 0.165 e. The summed E-state index contributed by atoms with van der Waals surface area (Å²) in [7, 11) is 6.27. The minimum Gasteiger partial charge on any atom is -0.248 e. The summed E-state index contributed by atoms with van der Waals surface area (Å²) in [6, 6.07) is 12.4. The van der Waals surface area contributed by atoms with Crippen LogP contribution in [0.2, 0.25) is 0 Å². The van der Waals surface area contributed by atoms with E-state index in [1.165, 1.54) is 11.2 Å². The number of aryl methyl sites for hydroxylation is 2. The Balaban J connectivity index is 2.30. The molecule has 3 heteroatoms. The van der Waals surface area contributed by atoms with Gasteiger partial charge in [-0.25, -0.2) is 9.13 Å². The van der Waals surface area contributed by atoms with Gasteiger partial charge in [-0.1, -0.05) is 19.4 Å². The lowest BCUT2D eigenvalue weighted by Gasteiger charge is -2.11. The molecule has 0 aliphatic heterocycles. The van der Waals surface area contributed by atoms with Crippen molar-refractivity contribution in [1.29, 1.82) is 0 Å². The minimum absolute atomic E-state index is 1.19. The van der Waals surface area contributed by atoms with Crippen LogP contribution in [0, 0.1) is 0 Å². The van der Waals surface area contributed by atoms with E-state index in [2.05, 4.69) is 67.2 Å². The highest BCUT2D eigenvalue weighted by atomic mass is 14.9. The first kappa shape index (κ1) is 9.90. The highest BCUT2D eigenvalue weighted by Gasteiger charge is 1.98. The highest BCUT2D eigenvalue weighted by Crippen LogP contribution is 1.76. The molecular weight excluding hydrogens is 183 g/mol. The van der Waals surface area contributed by atoms with Crippen LogP contribution < -0.4 is 20.3 Å². The summed E-state index contributed by atoms with van der Waals surface area (Å²) in [5, 5.41) is 0. The van der Waals surface area contributed by atoms with Crippen molar-refractivity contribution >= 4 is 18.5 Å². The van der Waals surface area contributed by atoms with Crippen LogP contribution >= 0.6 is 0 Å². The molecular formula is C12H14BN2+. The summed E-state index contributed by atoms with van der Waals surface area (Å²) in [5.74, 6) is 0. The number of rotatable bonds is 2. The van der Waals surface area contributed by atoms with Gasteiger partial charge in [0, 0.05) is 12.1 Å². The van der Waals surface area contributed by atoms with Gasteiger partial charge in [0.1, 0.15) is 14.1 Å². The average Bonchev–Trinajstić information content (AvgIpc) is 2.24. The number of hydrogen-bond acceptors (Lipinski definition) is 0. The summed E-state index contributed by atoms with van der Waals surface area (Å²) >= 11 is 0. The monoisotopic (exact) mass is 197 g/mol. The van der Waals surface area contributed by atoms with Gasteiger partial charge in [0.05, 0.1) is 0 Å². The Morgan fingerprint density at radius 2 is 1.27 bits per heavy atom. The van der Waals surface area contributed by atoms with Gasteiger partial charge in [-0.05, 0) is 23.3 Å². The molecule has 0 aliphatic rings. The molecule has 2 aromatic rings. The molecule has 2 rings (SSSR count). The largest absolute Gasteiger partial charge is 0.248 e. The van der Waals surface area contributed by atoms with Crippen LogP contribution in [0.15, 0.2) is 48.8 Å². The van der Waals surface area contributed by atoms with Gasteiger partial charge < -0.3 is 0 Å². The van der Waals surface area contributed by atoms with Gasteiger partial charge in [0.25, 0.3) is 0 Å². The van der Waals surface area contributed by atoms with Gasteiger partial charge in [-0.3, -0.25) is 0 Å². The first-order valence-electron chi connectivity index (χ1n) is 5.01. The summed E-state index contributed by atoms with van der Waals surface area (Å²) in [6.07, 6.45) is 4.10. The lowest BCUT2D eigenvalue weighted by atomic mass is 9.69. The Morgan fingerprint density at radius 3 is 1.67 bits per heavy atom. The molecule has 0 atom stereocenters. The quantitative estimate of drug-likeness (QED) is 0.430. The molecule has 0 saturated heterocycles. The first-order chi connectivity index (χ1) is 7.27. The number of pyridine rings is 2. The van der Waals surface area contributed by atoms with E-state index in [1.54, 1.807) is 0 Å². The Labute approximate surface area is 91.1 Å². The van der Waals surface area contributed by atoms with Crippen molar-refractivity contribution in [3.8, 4) is 0 Å². The number of nitrogens with zero attached hydrogens (tertiary/aromatic N) is 2. The normalized spacial score (nSPS) is 10.3. The fourth-order valence-corrected chi connectivity index (χ4v) is 1.52. The highest BCUT2D eigenvalue weighted by molar-refractivity contribution is 6.64. The fraction of sp³-hybridized carbons (Fsp3) is 0.167. The molecule has 2 radical (unpaired) electrons. The van der Waals surface area contributed by atoms with Crippen LogP contribution in [0.5, 0.6) is 0 Å². The van der Waals surface area contributed by atoms with Crippen molar-refractivity contribution in [2.45, 2.75) is 0 Å². The molecule has 0 unspecified atom stereocenters. The van der Waals surface area contributed by atoms with Gasteiger partial charge in [-0.2, -0.15) is 0 Å². The van der Waals surface area contributed by atoms with E-state index >= 15 is 0 Å². The third kappa shape index (κ3) is 2.24. The average molecular weight is 197 g/mol. The van der Waals surface area contributed by atoms with E-state index in [1.807, 2.05) is 12.1 Å². The van der Waals surface area contributed by atoms with Gasteiger partial charge in [0.2, 0.25) is 0 Å². The van der Waals surface area contributed by atoms with Crippen LogP contribution in [0.25, 0.3) is 0 Å². The van der Waals surface area contributed by atoms with E-state index in [9.17, 15) is 0 Å². The van der Waals surface area contributed by atoms with Crippen LogP contribution in [0.1, 0.15) is 0 Å². The maximum absolute atomic E-state index is 2.17. The van der Waals surface area contributed by atoms with E-state index in [0.717, 1.165) is 0 Å². The summed E-state index contributed by atoms with van der Waals surface area (Å²) in [6.45, 7) is 0. The molecule has 0 bridgehead atoms. The topological polar surface area (TPSA) is 7.76 Å². The molecule has 0 aliphatic carbocycles. The second kappa shape index (κ2) is 4.26. The molecule has 0 saturated carbocycles. The molecule has 74 valence electrons. The molecule has 0 amide bonds. The fourth-order valence-electron chi connectivity index (χ4n) is 1.52. The van der Waals surface area contributed by atoms with Crippen LogP contribution in [-0.4, -0.2) is 7.28 Å². The Kier molecular flexibility index (Phi) is 2.81. The van der Waals surface area contributed by atoms with Gasteiger partial charge in [0.15, 0.2) is 12.4 Å². The number of aromatic nitrogens is 2. The van der Waals surface area contributed by atoms with Crippen LogP contribution in [0.4, 0.5) is 0 Å². The molecule has 0 fully saturated rings. The second-order valence-corrected chi connectivity index (χ2v) is 3.62. The summed E-state index contributed by atoms with van der Waals surface area (Å²) in [4.78, 5) is 0. The molecule has 2 heterocycles. The molecule has 2 aromatic heterocycles. The molecule has 0 aromatic carbocycles. The minimum atomic E-state index is 1.19. The molecule has 15 heavy (non-hydrogen) atoms. The predicted molar refractivity (Wildman–Crippen MR) is 60.3 cm³/mol. The third-order valence-electron chi connectivity index (χ3n) is 2.49. The predicted octanol–water partition coefficient (Wildman–Crippen LogP) is -1.01. The van der Waals surface area contributed by atoms with Crippen molar-refractivity contribution in [1.82, 2.24) is 0 Å². The Bertz CT molecular complexity index is 425. The zero-order chi connectivity index (χ0) is 10.7. The first-order valence-corrected chi connectivity index (χ1v) is 5.01. The van der Waals surface area contributed by atoms with E-state index < -0.39 is 0 Å². The summed E-state index contributed by atoms with van der Waals surface area (Å²) in [5.41, 5.74) is 2.39. The van der Waals surface area contributed by atoms with Crippen LogP contribution in [-0.2, 0) is 14.1 Å². The Hall–Kier alpha value is -1.64. The van der Waals surface area contributed by atoms with Crippen molar-refractivity contribution in [2.75, 3.05) is 0 Å². The van der Waals surface area contributed by atoms with Crippen molar-refractivity contribution < 1.29 is 9.13 Å². The zero-order valence-corrected chi connectivity index (χ0v) is 9.09. The van der Waals surface area contributed by atoms with Gasteiger partial charge >= 0.3 is 0 Å². The summed E-state index contributed by atoms with van der Waals surface area (Å²) < 4.78 is 4.21.